The van der Waals surface area contributed by atoms with E-state index in [1.807, 2.05) is 18.2 Å². The molecule has 2 heterocycles. The molecule has 2 atom stereocenters. The third-order valence-electron chi connectivity index (χ3n) is 3.97. The van der Waals surface area contributed by atoms with Crippen LogP contribution in [0.3, 0.4) is 0 Å². The van der Waals surface area contributed by atoms with E-state index in [1.54, 1.807) is 11.8 Å². The number of likely N-dealkylation sites (tertiary alicyclic amines) is 1. The Labute approximate surface area is 134 Å². The van der Waals surface area contributed by atoms with E-state index in [-0.39, 0.29) is 37.5 Å². The van der Waals surface area contributed by atoms with Crippen LogP contribution in [0.5, 0.6) is 11.5 Å². The number of aliphatic hydroxyl groups is 1. The Kier molecular flexibility index (Phi) is 4.38. The monoisotopic (exact) mass is 320 g/mol. The van der Waals surface area contributed by atoms with Crippen molar-refractivity contribution in [1.82, 2.24) is 10.2 Å². The van der Waals surface area contributed by atoms with E-state index >= 15 is 0 Å². The molecule has 0 bridgehead atoms. The standard InChI is InChI=1S/C16H20N2O5/c1-10(19)6-17-16(21)12-5-15(20)18(8-12)7-11-2-3-13-14(4-11)23-9-22-13/h2-4,10,12,19H,5-9H2,1H3,(H,17,21). The van der Waals surface area contributed by atoms with E-state index in [9.17, 15) is 14.7 Å². The van der Waals surface area contributed by atoms with E-state index in [2.05, 4.69) is 5.32 Å². The van der Waals surface area contributed by atoms with Crippen LogP contribution in [0.4, 0.5) is 0 Å². The highest BCUT2D eigenvalue weighted by Crippen LogP contribution is 2.33. The van der Waals surface area contributed by atoms with Gasteiger partial charge in [0.2, 0.25) is 18.6 Å². The molecule has 1 fully saturated rings. The van der Waals surface area contributed by atoms with E-state index in [4.69, 9.17) is 9.47 Å². The Bertz CT molecular complexity index is 616. The van der Waals surface area contributed by atoms with Crippen LogP contribution in [0.25, 0.3) is 0 Å². The molecule has 1 aromatic rings. The molecule has 7 heteroatoms. The summed E-state index contributed by atoms with van der Waals surface area (Å²) in [6.07, 6.45) is -0.392. The van der Waals surface area contributed by atoms with E-state index in [1.165, 1.54) is 0 Å². The zero-order valence-corrected chi connectivity index (χ0v) is 12.9. The van der Waals surface area contributed by atoms with Crippen LogP contribution in [0, 0.1) is 5.92 Å². The van der Waals surface area contributed by atoms with Crippen molar-refractivity contribution in [2.45, 2.75) is 26.0 Å². The van der Waals surface area contributed by atoms with Crippen molar-refractivity contribution in [2.24, 2.45) is 5.92 Å². The molecular formula is C16H20N2O5. The summed E-state index contributed by atoms with van der Waals surface area (Å²) in [4.78, 5) is 25.8. The number of nitrogens with one attached hydrogen (secondary N) is 1. The highest BCUT2D eigenvalue weighted by molar-refractivity contribution is 5.89. The molecule has 2 aliphatic heterocycles. The topological polar surface area (TPSA) is 88.1 Å². The number of fused-ring (bicyclic) bond motifs is 1. The summed E-state index contributed by atoms with van der Waals surface area (Å²) in [5.41, 5.74) is 0.938. The van der Waals surface area contributed by atoms with Gasteiger partial charge in [-0.25, -0.2) is 0 Å². The third-order valence-corrected chi connectivity index (χ3v) is 3.97. The Morgan fingerprint density at radius 3 is 3.00 bits per heavy atom. The minimum Gasteiger partial charge on any atom is -0.454 e. The molecule has 0 spiro atoms. The van der Waals surface area contributed by atoms with Crippen molar-refractivity contribution in [3.8, 4) is 11.5 Å². The van der Waals surface area contributed by atoms with Gasteiger partial charge in [0, 0.05) is 26.1 Å². The van der Waals surface area contributed by atoms with Gasteiger partial charge < -0.3 is 24.8 Å². The fraction of sp³-hybridized carbons (Fsp3) is 0.500. The van der Waals surface area contributed by atoms with Gasteiger partial charge in [-0.1, -0.05) is 6.07 Å². The first-order valence-corrected chi connectivity index (χ1v) is 7.65. The second-order valence-corrected chi connectivity index (χ2v) is 5.96. The highest BCUT2D eigenvalue weighted by atomic mass is 16.7. The predicted octanol–water partition coefficient (Wildman–Crippen LogP) is 0.261. The van der Waals surface area contributed by atoms with Gasteiger partial charge in [0.15, 0.2) is 11.5 Å². The van der Waals surface area contributed by atoms with Gasteiger partial charge in [-0.05, 0) is 24.6 Å². The number of hydrogen-bond acceptors (Lipinski definition) is 5. The van der Waals surface area contributed by atoms with E-state index in [0.717, 1.165) is 5.56 Å². The number of amides is 2. The SMILES string of the molecule is CC(O)CNC(=O)C1CC(=O)N(Cc2ccc3c(c2)OCO3)C1. The second-order valence-electron chi connectivity index (χ2n) is 5.96. The van der Waals surface area contributed by atoms with Gasteiger partial charge in [-0.2, -0.15) is 0 Å². The maximum absolute atomic E-state index is 12.1. The highest BCUT2D eigenvalue weighted by Gasteiger charge is 2.34. The lowest BCUT2D eigenvalue weighted by molar-refractivity contribution is -0.129. The molecule has 0 aliphatic carbocycles. The van der Waals surface area contributed by atoms with Gasteiger partial charge in [0.05, 0.1) is 12.0 Å². The minimum absolute atomic E-state index is 0.0418. The normalized spacial score (nSPS) is 20.7. The van der Waals surface area contributed by atoms with Crippen LogP contribution in [0.2, 0.25) is 0 Å². The van der Waals surface area contributed by atoms with Crippen LogP contribution in [0.15, 0.2) is 18.2 Å². The van der Waals surface area contributed by atoms with Crippen LogP contribution in [-0.4, -0.2) is 47.8 Å². The van der Waals surface area contributed by atoms with Gasteiger partial charge in [-0.15, -0.1) is 0 Å². The number of carbonyl (C=O) groups is 2. The van der Waals surface area contributed by atoms with Crippen molar-refractivity contribution in [3.05, 3.63) is 23.8 Å². The molecule has 124 valence electrons. The number of rotatable bonds is 5. The van der Waals surface area contributed by atoms with E-state index in [0.29, 0.717) is 24.6 Å². The summed E-state index contributed by atoms with van der Waals surface area (Å²) >= 11 is 0. The molecule has 2 N–H and O–H groups in total. The molecule has 1 aromatic carbocycles. The van der Waals surface area contributed by atoms with Gasteiger partial charge >= 0.3 is 0 Å². The van der Waals surface area contributed by atoms with E-state index < -0.39 is 6.10 Å². The Balaban J connectivity index is 1.59. The smallest absolute Gasteiger partial charge is 0.231 e. The quantitative estimate of drug-likeness (QED) is 0.812. The first kappa shape index (κ1) is 15.6. The van der Waals surface area contributed by atoms with Crippen LogP contribution >= 0.6 is 0 Å². The fourth-order valence-electron chi connectivity index (χ4n) is 2.75. The predicted molar refractivity (Wildman–Crippen MR) is 80.8 cm³/mol. The summed E-state index contributed by atoms with van der Waals surface area (Å²) in [6, 6.07) is 5.57. The lowest BCUT2D eigenvalue weighted by Gasteiger charge is -2.17. The maximum atomic E-state index is 12.1. The Morgan fingerprint density at radius 2 is 2.22 bits per heavy atom. The fourth-order valence-corrected chi connectivity index (χ4v) is 2.75. The Hall–Kier alpha value is -2.28. The lowest BCUT2D eigenvalue weighted by atomic mass is 10.1. The molecule has 3 rings (SSSR count). The summed E-state index contributed by atoms with van der Waals surface area (Å²) < 4.78 is 10.6. The van der Waals surface area contributed by atoms with Crippen molar-refractivity contribution in [1.29, 1.82) is 0 Å². The average molecular weight is 320 g/mol. The van der Waals surface area contributed by atoms with Crippen LogP contribution in [0.1, 0.15) is 18.9 Å². The summed E-state index contributed by atoms with van der Waals surface area (Å²) in [7, 11) is 0. The first-order chi connectivity index (χ1) is 11.0. The molecule has 7 nitrogen and oxygen atoms in total. The molecule has 2 aliphatic rings. The third kappa shape index (κ3) is 3.56. The molecule has 0 radical (unpaired) electrons. The van der Waals surface area contributed by atoms with Crippen molar-refractivity contribution in [3.63, 3.8) is 0 Å². The van der Waals surface area contributed by atoms with Gasteiger partial charge in [0.25, 0.3) is 0 Å². The minimum atomic E-state index is -0.596. The number of aliphatic hydroxyl groups excluding tert-OH is 1. The van der Waals surface area contributed by atoms with Crippen LogP contribution in [-0.2, 0) is 16.1 Å². The number of nitrogens with zero attached hydrogens (tertiary/aromatic N) is 1. The molecule has 0 saturated carbocycles. The van der Waals surface area contributed by atoms with Crippen LogP contribution < -0.4 is 14.8 Å². The molecule has 1 saturated heterocycles. The number of hydrogen-bond donors (Lipinski definition) is 2. The van der Waals surface area contributed by atoms with Gasteiger partial charge in [-0.3, -0.25) is 9.59 Å². The van der Waals surface area contributed by atoms with Gasteiger partial charge in [0.1, 0.15) is 0 Å². The Morgan fingerprint density at radius 1 is 1.43 bits per heavy atom. The zero-order valence-electron chi connectivity index (χ0n) is 12.9. The molecule has 2 amide bonds. The lowest BCUT2D eigenvalue weighted by Crippen LogP contribution is -2.36. The second kappa shape index (κ2) is 6.45. The summed E-state index contributed by atoms with van der Waals surface area (Å²) in [5, 5.41) is 11.9. The number of carbonyl (C=O) groups excluding carboxylic acids is 2. The molecule has 23 heavy (non-hydrogen) atoms. The van der Waals surface area contributed by atoms with Crippen molar-refractivity contribution < 1.29 is 24.2 Å². The maximum Gasteiger partial charge on any atom is 0.231 e. The summed E-state index contributed by atoms with van der Waals surface area (Å²) in [6.45, 7) is 2.85. The molecule has 0 aromatic heterocycles. The largest absolute Gasteiger partial charge is 0.454 e. The first-order valence-electron chi connectivity index (χ1n) is 7.65. The summed E-state index contributed by atoms with van der Waals surface area (Å²) in [5.74, 6) is 0.791. The van der Waals surface area contributed by atoms with Crippen molar-refractivity contribution >= 4 is 11.8 Å². The zero-order chi connectivity index (χ0) is 16.4. The molecular weight excluding hydrogens is 300 g/mol. The number of benzene rings is 1. The van der Waals surface area contributed by atoms with Crippen molar-refractivity contribution in [2.75, 3.05) is 19.9 Å². The molecule has 2 unspecified atom stereocenters. The number of ether oxygens (including phenoxy) is 2. The average Bonchev–Trinajstić information content (AvgIpc) is 3.11.